The minimum absolute atomic E-state index is 0.123. The molecule has 4 rings (SSSR count). The normalized spacial score (nSPS) is 15.3. The first-order valence-electron chi connectivity index (χ1n) is 15.9. The van der Waals surface area contributed by atoms with Crippen molar-refractivity contribution in [3.05, 3.63) is 59.5 Å². The van der Waals surface area contributed by atoms with Crippen LogP contribution in [0.3, 0.4) is 0 Å². The molecule has 2 aliphatic heterocycles. The van der Waals surface area contributed by atoms with Crippen LogP contribution in [0.1, 0.15) is 128 Å². The van der Waals surface area contributed by atoms with Crippen molar-refractivity contribution in [2.45, 2.75) is 117 Å². The molecule has 0 radical (unpaired) electrons. The SMILES string of the molecule is CCCCCCCCCCN1C(=O)C2=C(c3ccco3)N(CCCCCCCCCC)C(=O)C2=C1c1ccco1. The van der Waals surface area contributed by atoms with Crippen LogP contribution >= 0.6 is 0 Å². The lowest BCUT2D eigenvalue weighted by Gasteiger charge is -2.23. The fourth-order valence-electron chi connectivity index (χ4n) is 5.97. The van der Waals surface area contributed by atoms with E-state index in [4.69, 9.17) is 8.83 Å². The quantitative estimate of drug-likeness (QED) is 0.155. The maximum absolute atomic E-state index is 14.0. The van der Waals surface area contributed by atoms with Crippen molar-refractivity contribution in [2.75, 3.05) is 13.1 Å². The van der Waals surface area contributed by atoms with Crippen molar-refractivity contribution in [1.29, 1.82) is 0 Å². The summed E-state index contributed by atoms with van der Waals surface area (Å²) >= 11 is 0. The standard InChI is InChI=1S/C34H48N2O4/c1-3-5-7-9-11-13-15-17-23-35-31(27-21-19-25-39-27)29-30(33(35)37)32(28-22-20-26-40-28)36(34(29)38)24-18-16-14-12-10-8-6-4-2/h19-22,25-26H,3-18,23-24H2,1-2H3. The van der Waals surface area contributed by atoms with Gasteiger partial charge in [0, 0.05) is 13.1 Å². The van der Waals surface area contributed by atoms with Gasteiger partial charge in [0.15, 0.2) is 11.5 Å². The Hall–Kier alpha value is -3.02. The Kier molecular flexibility index (Phi) is 11.7. The Morgan fingerprint density at radius 3 is 1.20 bits per heavy atom. The summed E-state index contributed by atoms with van der Waals surface area (Å²) in [5, 5.41) is 0. The van der Waals surface area contributed by atoms with Crippen LogP contribution in [0.4, 0.5) is 0 Å². The maximum atomic E-state index is 14.0. The van der Waals surface area contributed by atoms with Gasteiger partial charge in [-0.15, -0.1) is 0 Å². The molecule has 6 nitrogen and oxygen atoms in total. The van der Waals surface area contributed by atoms with Gasteiger partial charge in [-0.25, -0.2) is 0 Å². The number of nitrogens with zero attached hydrogens (tertiary/aromatic N) is 2. The molecule has 0 bridgehead atoms. The van der Waals surface area contributed by atoms with Crippen LogP contribution in [0.25, 0.3) is 11.4 Å². The van der Waals surface area contributed by atoms with Crippen LogP contribution in [0, 0.1) is 0 Å². The third-order valence-electron chi connectivity index (χ3n) is 8.16. The molecule has 0 saturated heterocycles. The molecular formula is C34H48N2O4. The first-order chi connectivity index (χ1) is 19.7. The zero-order valence-electron chi connectivity index (χ0n) is 24.7. The van der Waals surface area contributed by atoms with Gasteiger partial charge in [-0.05, 0) is 37.1 Å². The summed E-state index contributed by atoms with van der Waals surface area (Å²) in [6.07, 6.45) is 22.2. The van der Waals surface area contributed by atoms with Gasteiger partial charge in [-0.2, -0.15) is 0 Å². The molecule has 0 aliphatic carbocycles. The Bertz CT molecular complexity index is 1040. The van der Waals surface area contributed by atoms with Crippen LogP contribution in [0.2, 0.25) is 0 Å². The molecule has 2 aromatic heterocycles. The summed E-state index contributed by atoms with van der Waals surface area (Å²) in [6.45, 7) is 5.63. The van der Waals surface area contributed by atoms with E-state index in [-0.39, 0.29) is 11.8 Å². The predicted molar refractivity (Wildman–Crippen MR) is 160 cm³/mol. The first-order valence-corrected chi connectivity index (χ1v) is 15.9. The Morgan fingerprint density at radius 1 is 0.525 bits per heavy atom. The number of fused-ring (bicyclic) bond motifs is 1. The lowest BCUT2D eigenvalue weighted by molar-refractivity contribution is -0.124. The van der Waals surface area contributed by atoms with Crippen LogP contribution in [-0.2, 0) is 9.59 Å². The molecule has 0 fully saturated rings. The zero-order chi connectivity index (χ0) is 28.2. The lowest BCUT2D eigenvalue weighted by atomic mass is 10.1. The summed E-state index contributed by atoms with van der Waals surface area (Å²) in [7, 11) is 0. The number of furan rings is 2. The lowest BCUT2D eigenvalue weighted by Crippen LogP contribution is -2.31. The molecule has 2 aromatic rings. The largest absolute Gasteiger partial charge is 0.463 e. The van der Waals surface area contributed by atoms with Crippen molar-refractivity contribution in [3.63, 3.8) is 0 Å². The highest BCUT2D eigenvalue weighted by Gasteiger charge is 2.49. The van der Waals surface area contributed by atoms with Gasteiger partial charge in [-0.3, -0.25) is 9.59 Å². The van der Waals surface area contributed by atoms with Gasteiger partial charge in [0.2, 0.25) is 0 Å². The van der Waals surface area contributed by atoms with E-state index in [1.54, 1.807) is 22.3 Å². The van der Waals surface area contributed by atoms with Crippen molar-refractivity contribution < 1.29 is 18.4 Å². The smallest absolute Gasteiger partial charge is 0.261 e. The third kappa shape index (κ3) is 7.18. The monoisotopic (exact) mass is 548 g/mol. The average Bonchev–Trinajstić information content (AvgIpc) is 3.76. The first kappa shape index (κ1) is 30.0. The summed E-state index contributed by atoms with van der Waals surface area (Å²) in [5.74, 6) is 0.892. The number of unbranched alkanes of at least 4 members (excludes halogenated alkanes) is 14. The molecule has 0 spiro atoms. The highest BCUT2D eigenvalue weighted by Crippen LogP contribution is 2.46. The minimum atomic E-state index is -0.123. The van der Waals surface area contributed by atoms with Gasteiger partial charge in [0.1, 0.15) is 11.4 Å². The zero-order valence-corrected chi connectivity index (χ0v) is 24.7. The Balaban J connectivity index is 1.48. The molecular weight excluding hydrogens is 500 g/mol. The highest BCUT2D eigenvalue weighted by molar-refractivity contribution is 6.29. The van der Waals surface area contributed by atoms with Gasteiger partial charge in [-0.1, -0.05) is 104 Å². The second-order valence-electron chi connectivity index (χ2n) is 11.3. The van der Waals surface area contributed by atoms with E-state index >= 15 is 0 Å². The fraction of sp³-hybridized carbons (Fsp3) is 0.588. The molecule has 0 saturated carbocycles. The van der Waals surface area contributed by atoms with E-state index in [1.807, 2.05) is 24.3 Å². The van der Waals surface area contributed by atoms with E-state index in [9.17, 15) is 9.59 Å². The Labute approximate surface area is 240 Å². The summed E-state index contributed by atoms with van der Waals surface area (Å²) < 4.78 is 11.6. The number of hydrogen-bond acceptors (Lipinski definition) is 4. The molecule has 2 amide bonds. The van der Waals surface area contributed by atoms with E-state index in [0.29, 0.717) is 47.2 Å². The maximum Gasteiger partial charge on any atom is 0.261 e. The number of carbonyl (C=O) groups is 2. The number of carbonyl (C=O) groups excluding carboxylic acids is 2. The molecule has 4 heterocycles. The topological polar surface area (TPSA) is 66.9 Å². The molecule has 6 heteroatoms. The number of rotatable bonds is 20. The van der Waals surface area contributed by atoms with Crippen LogP contribution in [-0.4, -0.2) is 34.7 Å². The predicted octanol–water partition coefficient (Wildman–Crippen LogP) is 8.96. The van der Waals surface area contributed by atoms with Crippen molar-refractivity contribution in [2.24, 2.45) is 0 Å². The number of hydrogen-bond donors (Lipinski definition) is 0. The minimum Gasteiger partial charge on any atom is -0.463 e. The molecule has 0 N–H and O–H groups in total. The van der Waals surface area contributed by atoms with Gasteiger partial charge >= 0.3 is 0 Å². The molecule has 218 valence electrons. The van der Waals surface area contributed by atoms with Gasteiger partial charge in [0.05, 0.1) is 23.7 Å². The summed E-state index contributed by atoms with van der Waals surface area (Å²) in [4.78, 5) is 31.5. The molecule has 0 atom stereocenters. The van der Waals surface area contributed by atoms with E-state index in [2.05, 4.69) is 13.8 Å². The molecule has 0 aromatic carbocycles. The van der Waals surface area contributed by atoms with Crippen molar-refractivity contribution in [3.8, 4) is 0 Å². The summed E-state index contributed by atoms with van der Waals surface area (Å²) in [5.41, 5.74) is 2.15. The average molecular weight is 549 g/mol. The molecule has 0 unspecified atom stereocenters. The molecule has 40 heavy (non-hydrogen) atoms. The second kappa shape index (κ2) is 15.7. The third-order valence-corrected chi connectivity index (χ3v) is 8.16. The van der Waals surface area contributed by atoms with Crippen molar-refractivity contribution >= 4 is 23.2 Å². The van der Waals surface area contributed by atoms with Crippen LogP contribution in [0.15, 0.2) is 56.8 Å². The molecule has 2 aliphatic rings. The number of amides is 2. The van der Waals surface area contributed by atoms with E-state index in [0.717, 1.165) is 25.7 Å². The van der Waals surface area contributed by atoms with E-state index < -0.39 is 0 Å². The van der Waals surface area contributed by atoms with Gasteiger partial charge < -0.3 is 18.6 Å². The summed E-state index contributed by atoms with van der Waals surface area (Å²) in [6, 6.07) is 7.32. The fourth-order valence-corrected chi connectivity index (χ4v) is 5.97. The van der Waals surface area contributed by atoms with E-state index in [1.165, 1.54) is 77.0 Å². The van der Waals surface area contributed by atoms with Crippen molar-refractivity contribution in [1.82, 2.24) is 9.80 Å². The Morgan fingerprint density at radius 2 is 0.875 bits per heavy atom. The van der Waals surface area contributed by atoms with Crippen LogP contribution < -0.4 is 0 Å². The van der Waals surface area contributed by atoms with Gasteiger partial charge in [0.25, 0.3) is 11.8 Å². The van der Waals surface area contributed by atoms with Crippen LogP contribution in [0.5, 0.6) is 0 Å². The second-order valence-corrected chi connectivity index (χ2v) is 11.3. The highest BCUT2D eigenvalue weighted by atomic mass is 16.3.